The molecule has 3 rings (SSSR count). The number of nitrogens with one attached hydrogen (secondary N) is 1. The Balaban J connectivity index is 1.90. The van der Waals surface area contributed by atoms with Gasteiger partial charge in [-0.2, -0.15) is 0 Å². The molecular weight excluding hydrogens is 302 g/mol. The smallest absolute Gasteiger partial charge is 0.241 e. The first-order chi connectivity index (χ1) is 10.5. The lowest BCUT2D eigenvalue weighted by atomic mass is 10.2. The predicted octanol–water partition coefficient (Wildman–Crippen LogP) is 1.86. The van der Waals surface area contributed by atoms with Crippen LogP contribution in [0, 0.1) is 5.92 Å². The zero-order valence-electron chi connectivity index (χ0n) is 12.6. The molecule has 1 heterocycles. The van der Waals surface area contributed by atoms with E-state index in [4.69, 9.17) is 4.74 Å². The van der Waals surface area contributed by atoms with E-state index in [1.54, 1.807) is 24.4 Å². The summed E-state index contributed by atoms with van der Waals surface area (Å²) >= 11 is 0. The van der Waals surface area contributed by atoms with Crippen molar-refractivity contribution in [2.24, 2.45) is 13.0 Å². The number of aromatic nitrogens is 2. The van der Waals surface area contributed by atoms with Crippen LogP contribution in [0.2, 0.25) is 0 Å². The standard InChI is InChI=1S/C15H19N3O3S/c1-18-9-8-16-15(18)14(11-6-7-11)17-22(19,20)13-5-3-4-12(10-13)21-2/h3-5,8-11,14,17H,6-7H2,1-2H3. The summed E-state index contributed by atoms with van der Waals surface area (Å²) in [7, 11) is -0.237. The first kappa shape index (κ1) is 15.1. The fraction of sp³-hybridized carbons (Fsp3) is 0.400. The van der Waals surface area contributed by atoms with Crippen LogP contribution in [0.3, 0.4) is 0 Å². The molecule has 1 aromatic heterocycles. The van der Waals surface area contributed by atoms with Gasteiger partial charge in [0, 0.05) is 25.5 Å². The Morgan fingerprint density at radius 1 is 1.41 bits per heavy atom. The molecule has 1 atom stereocenters. The summed E-state index contributed by atoms with van der Waals surface area (Å²) in [5, 5.41) is 0. The molecule has 1 N–H and O–H groups in total. The average Bonchev–Trinajstić information content (AvgIpc) is 3.27. The quantitative estimate of drug-likeness (QED) is 0.881. The second-order valence-corrected chi connectivity index (χ2v) is 7.23. The van der Waals surface area contributed by atoms with E-state index in [-0.39, 0.29) is 10.9 Å². The van der Waals surface area contributed by atoms with Gasteiger partial charge in [0.2, 0.25) is 10.0 Å². The molecule has 6 nitrogen and oxygen atoms in total. The highest BCUT2D eigenvalue weighted by Gasteiger charge is 2.37. The molecule has 0 bridgehead atoms. The van der Waals surface area contributed by atoms with Crippen LogP contribution in [0.15, 0.2) is 41.6 Å². The van der Waals surface area contributed by atoms with E-state index in [0.717, 1.165) is 18.7 Å². The number of benzene rings is 1. The van der Waals surface area contributed by atoms with Gasteiger partial charge in [-0.05, 0) is 30.9 Å². The van der Waals surface area contributed by atoms with Gasteiger partial charge in [-0.1, -0.05) is 6.07 Å². The highest BCUT2D eigenvalue weighted by Crippen LogP contribution is 2.41. The number of sulfonamides is 1. The minimum absolute atomic E-state index is 0.201. The lowest BCUT2D eigenvalue weighted by Gasteiger charge is -2.18. The maximum atomic E-state index is 12.6. The van der Waals surface area contributed by atoms with E-state index in [9.17, 15) is 8.42 Å². The van der Waals surface area contributed by atoms with Gasteiger partial charge < -0.3 is 9.30 Å². The van der Waals surface area contributed by atoms with E-state index >= 15 is 0 Å². The maximum absolute atomic E-state index is 12.6. The molecule has 0 spiro atoms. The maximum Gasteiger partial charge on any atom is 0.241 e. The highest BCUT2D eigenvalue weighted by molar-refractivity contribution is 7.89. The molecule has 1 aliphatic carbocycles. The molecule has 7 heteroatoms. The van der Waals surface area contributed by atoms with Crippen LogP contribution in [-0.4, -0.2) is 25.1 Å². The second-order valence-electron chi connectivity index (χ2n) is 5.51. The molecule has 118 valence electrons. The number of imidazole rings is 1. The molecule has 1 fully saturated rings. The average molecular weight is 321 g/mol. The van der Waals surface area contributed by atoms with Crippen molar-refractivity contribution in [2.75, 3.05) is 7.11 Å². The molecule has 0 saturated heterocycles. The Bertz CT molecular complexity index is 766. The first-order valence-corrected chi connectivity index (χ1v) is 8.63. The van der Waals surface area contributed by atoms with Crippen molar-refractivity contribution in [3.8, 4) is 5.75 Å². The third-order valence-corrected chi connectivity index (χ3v) is 5.30. The van der Waals surface area contributed by atoms with Gasteiger partial charge in [0.15, 0.2) is 0 Å². The van der Waals surface area contributed by atoms with Gasteiger partial charge in [-0.25, -0.2) is 18.1 Å². The van der Waals surface area contributed by atoms with Crippen LogP contribution in [0.1, 0.15) is 24.7 Å². The minimum atomic E-state index is -3.62. The number of methoxy groups -OCH3 is 1. The number of hydrogen-bond donors (Lipinski definition) is 1. The molecule has 1 saturated carbocycles. The number of rotatable bonds is 6. The van der Waals surface area contributed by atoms with Gasteiger partial charge in [0.05, 0.1) is 18.0 Å². The predicted molar refractivity (Wildman–Crippen MR) is 82.0 cm³/mol. The highest BCUT2D eigenvalue weighted by atomic mass is 32.2. The zero-order chi connectivity index (χ0) is 15.7. The Hall–Kier alpha value is -1.86. The van der Waals surface area contributed by atoms with E-state index in [1.807, 2.05) is 17.8 Å². The lowest BCUT2D eigenvalue weighted by Crippen LogP contribution is -2.31. The summed E-state index contributed by atoms with van der Waals surface area (Å²) in [6, 6.07) is 6.17. The Kier molecular flexibility index (Phi) is 3.92. The summed E-state index contributed by atoms with van der Waals surface area (Å²) in [5.74, 6) is 1.57. The molecule has 1 unspecified atom stereocenters. The number of aryl methyl sites for hydroxylation is 1. The van der Waals surface area contributed by atoms with Gasteiger partial charge in [0.25, 0.3) is 0 Å². The third-order valence-electron chi connectivity index (χ3n) is 3.86. The Labute approximate surface area is 130 Å². The molecule has 0 aliphatic heterocycles. The van der Waals surface area contributed by atoms with Gasteiger partial charge >= 0.3 is 0 Å². The van der Waals surface area contributed by atoms with Crippen molar-refractivity contribution in [2.45, 2.75) is 23.8 Å². The summed E-state index contributed by atoms with van der Waals surface area (Å²) in [4.78, 5) is 4.50. The van der Waals surface area contributed by atoms with Crippen molar-refractivity contribution >= 4 is 10.0 Å². The molecular formula is C15H19N3O3S. The second kappa shape index (κ2) is 5.73. The first-order valence-electron chi connectivity index (χ1n) is 7.15. The molecule has 1 aromatic carbocycles. The van der Waals surface area contributed by atoms with Crippen molar-refractivity contribution < 1.29 is 13.2 Å². The van der Waals surface area contributed by atoms with Gasteiger partial charge in [-0.3, -0.25) is 0 Å². The Morgan fingerprint density at radius 2 is 2.18 bits per heavy atom. The number of hydrogen-bond acceptors (Lipinski definition) is 4. The zero-order valence-corrected chi connectivity index (χ0v) is 13.4. The van der Waals surface area contributed by atoms with Crippen LogP contribution in [-0.2, 0) is 17.1 Å². The van der Waals surface area contributed by atoms with E-state index in [1.165, 1.54) is 13.2 Å². The normalized spacial score (nSPS) is 16.5. The van der Waals surface area contributed by atoms with Crippen molar-refractivity contribution in [3.63, 3.8) is 0 Å². The topological polar surface area (TPSA) is 73.2 Å². The molecule has 2 aromatic rings. The molecule has 0 amide bonds. The fourth-order valence-corrected chi connectivity index (χ4v) is 3.77. The summed E-state index contributed by atoms with van der Waals surface area (Å²) in [6.07, 6.45) is 5.53. The van der Waals surface area contributed by atoms with Crippen LogP contribution in [0.4, 0.5) is 0 Å². The summed E-state index contributed by atoms with van der Waals surface area (Å²) in [5.41, 5.74) is 0. The van der Waals surface area contributed by atoms with Crippen LogP contribution in [0.25, 0.3) is 0 Å². The van der Waals surface area contributed by atoms with Gasteiger partial charge in [0.1, 0.15) is 11.6 Å². The number of nitrogens with zero attached hydrogens (tertiary/aromatic N) is 2. The monoisotopic (exact) mass is 321 g/mol. The van der Waals surface area contributed by atoms with Crippen molar-refractivity contribution in [1.82, 2.24) is 14.3 Å². The third kappa shape index (κ3) is 3.00. The SMILES string of the molecule is COc1cccc(S(=O)(=O)NC(c2nccn2C)C2CC2)c1. The van der Waals surface area contributed by atoms with Crippen molar-refractivity contribution in [1.29, 1.82) is 0 Å². The van der Waals surface area contributed by atoms with E-state index in [0.29, 0.717) is 11.7 Å². The molecule has 1 aliphatic rings. The fourth-order valence-electron chi connectivity index (χ4n) is 2.47. The molecule has 0 radical (unpaired) electrons. The van der Waals surface area contributed by atoms with E-state index < -0.39 is 10.0 Å². The number of ether oxygens (including phenoxy) is 1. The minimum Gasteiger partial charge on any atom is -0.497 e. The van der Waals surface area contributed by atoms with Gasteiger partial charge in [-0.15, -0.1) is 0 Å². The van der Waals surface area contributed by atoms with Crippen LogP contribution in [0.5, 0.6) is 5.75 Å². The Morgan fingerprint density at radius 3 is 2.77 bits per heavy atom. The molecule has 22 heavy (non-hydrogen) atoms. The largest absolute Gasteiger partial charge is 0.497 e. The lowest BCUT2D eigenvalue weighted by molar-refractivity contribution is 0.413. The van der Waals surface area contributed by atoms with Crippen molar-refractivity contribution in [3.05, 3.63) is 42.5 Å². The van der Waals surface area contributed by atoms with E-state index in [2.05, 4.69) is 9.71 Å². The van der Waals surface area contributed by atoms with Crippen LogP contribution >= 0.6 is 0 Å². The van der Waals surface area contributed by atoms with Crippen LogP contribution < -0.4 is 9.46 Å². The summed E-state index contributed by atoms with van der Waals surface area (Å²) < 4.78 is 35.0. The summed E-state index contributed by atoms with van der Waals surface area (Å²) in [6.45, 7) is 0.